The van der Waals surface area contributed by atoms with E-state index in [4.69, 9.17) is 0 Å². The number of aromatic amines is 2. The van der Waals surface area contributed by atoms with Crippen LogP contribution >= 0.6 is 0 Å². The molecule has 10 heteroatoms. The third kappa shape index (κ3) is 3.52. The number of nitrogens with one attached hydrogen (secondary N) is 4. The summed E-state index contributed by atoms with van der Waals surface area (Å²) in [7, 11) is -3.91. The number of aromatic nitrogens is 4. The lowest BCUT2D eigenvalue weighted by Crippen LogP contribution is -2.25. The van der Waals surface area contributed by atoms with Crippen molar-refractivity contribution in [2.24, 2.45) is 0 Å². The molecule has 1 aromatic carbocycles. The van der Waals surface area contributed by atoms with Gasteiger partial charge in [-0.3, -0.25) is 9.78 Å². The molecular weight excluding hydrogens is 404 g/mol. The third-order valence-electron chi connectivity index (χ3n) is 5.72. The minimum atomic E-state index is -3.91. The molecule has 0 bridgehead atoms. The van der Waals surface area contributed by atoms with Crippen molar-refractivity contribution in [1.29, 1.82) is 0 Å². The first-order valence-corrected chi connectivity index (χ1v) is 11.5. The Labute approximate surface area is 173 Å². The summed E-state index contributed by atoms with van der Waals surface area (Å²) in [5.74, 6) is 0.304. The van der Waals surface area contributed by atoms with Gasteiger partial charge in [0.1, 0.15) is 0 Å². The number of hydrogen-bond acceptors (Lipinski definition) is 6. The van der Waals surface area contributed by atoms with Crippen molar-refractivity contribution < 1.29 is 8.42 Å². The Morgan fingerprint density at radius 3 is 2.40 bits per heavy atom. The van der Waals surface area contributed by atoms with E-state index in [0.717, 1.165) is 44.2 Å². The molecule has 0 spiro atoms. The molecule has 0 fully saturated rings. The molecule has 0 atom stereocenters. The zero-order valence-corrected chi connectivity index (χ0v) is 17.1. The van der Waals surface area contributed by atoms with Crippen molar-refractivity contribution in [3.05, 3.63) is 62.6 Å². The van der Waals surface area contributed by atoms with Gasteiger partial charge in [0.2, 0.25) is 11.5 Å². The van der Waals surface area contributed by atoms with Crippen LogP contribution in [0.1, 0.15) is 40.8 Å². The lowest BCUT2D eigenvalue weighted by molar-refractivity contribution is 0.571. The molecule has 2 aliphatic rings. The fourth-order valence-corrected chi connectivity index (χ4v) is 5.21. The standard InChI is InChI=1S/C20H22N6O3S/c27-17-9-3-6-14(22-17)11-21-30(28,29)20-24-19(25-26-20)23-18-15-7-1-4-12(15)10-13-5-2-8-16(13)18/h3,6,9-10,21H,1-2,4-5,7-8,11H2,(H,22,27)(H2,23,24,25,26). The molecule has 3 aromatic rings. The van der Waals surface area contributed by atoms with Crippen LogP contribution in [-0.4, -0.2) is 28.6 Å². The van der Waals surface area contributed by atoms with Gasteiger partial charge in [0.15, 0.2) is 0 Å². The second-order valence-electron chi connectivity index (χ2n) is 7.70. The monoisotopic (exact) mass is 426 g/mol. The molecule has 0 unspecified atom stereocenters. The number of pyridine rings is 1. The van der Waals surface area contributed by atoms with Gasteiger partial charge in [-0.25, -0.2) is 13.1 Å². The van der Waals surface area contributed by atoms with Crippen LogP contribution in [0.4, 0.5) is 11.6 Å². The first-order valence-electron chi connectivity index (χ1n) is 10.0. The maximum absolute atomic E-state index is 12.6. The van der Waals surface area contributed by atoms with Gasteiger partial charge in [0, 0.05) is 17.4 Å². The highest BCUT2D eigenvalue weighted by Gasteiger charge is 2.25. The number of rotatable bonds is 6. The van der Waals surface area contributed by atoms with Crippen LogP contribution in [0.2, 0.25) is 0 Å². The number of H-pyrrole nitrogens is 2. The van der Waals surface area contributed by atoms with E-state index >= 15 is 0 Å². The molecule has 0 radical (unpaired) electrons. The Morgan fingerprint density at radius 2 is 1.70 bits per heavy atom. The van der Waals surface area contributed by atoms with Crippen LogP contribution in [0.15, 0.2) is 34.2 Å². The molecule has 9 nitrogen and oxygen atoms in total. The number of sulfonamides is 1. The van der Waals surface area contributed by atoms with Crippen molar-refractivity contribution in [3.8, 4) is 0 Å². The van der Waals surface area contributed by atoms with Gasteiger partial charge >= 0.3 is 0 Å². The molecule has 5 rings (SSSR count). The fourth-order valence-electron chi connectivity index (χ4n) is 4.35. The summed E-state index contributed by atoms with van der Waals surface area (Å²) >= 11 is 0. The van der Waals surface area contributed by atoms with Gasteiger partial charge in [-0.2, -0.15) is 0 Å². The first kappa shape index (κ1) is 19.0. The summed E-state index contributed by atoms with van der Waals surface area (Å²) in [4.78, 5) is 16.7. The summed E-state index contributed by atoms with van der Waals surface area (Å²) in [6.07, 6.45) is 6.46. The summed E-state index contributed by atoms with van der Waals surface area (Å²) < 4.78 is 27.6. The predicted octanol–water partition coefficient (Wildman–Crippen LogP) is 1.69. The highest BCUT2D eigenvalue weighted by Crippen LogP contribution is 2.39. The molecular formula is C20H22N6O3S. The van der Waals surface area contributed by atoms with Crippen molar-refractivity contribution in [3.63, 3.8) is 0 Å². The molecule has 0 aliphatic heterocycles. The maximum atomic E-state index is 12.6. The Bertz CT molecular complexity index is 1250. The lowest BCUT2D eigenvalue weighted by Gasteiger charge is -2.15. The largest absolute Gasteiger partial charge is 0.325 e. The van der Waals surface area contributed by atoms with Crippen LogP contribution in [0, 0.1) is 0 Å². The number of aryl methyl sites for hydroxylation is 2. The van der Waals surface area contributed by atoms with E-state index in [9.17, 15) is 13.2 Å². The van der Waals surface area contributed by atoms with Crippen molar-refractivity contribution in [2.75, 3.05) is 5.32 Å². The van der Waals surface area contributed by atoms with Crippen LogP contribution in [-0.2, 0) is 42.3 Å². The van der Waals surface area contributed by atoms with Crippen molar-refractivity contribution in [1.82, 2.24) is 24.9 Å². The van der Waals surface area contributed by atoms with Gasteiger partial charge in [-0.1, -0.05) is 12.1 Å². The van der Waals surface area contributed by atoms with Crippen molar-refractivity contribution >= 4 is 21.7 Å². The van der Waals surface area contributed by atoms with Crippen LogP contribution < -0.4 is 15.6 Å². The molecule has 0 saturated carbocycles. The average molecular weight is 427 g/mol. The van der Waals surface area contributed by atoms with E-state index in [-0.39, 0.29) is 17.3 Å². The fraction of sp³-hybridized carbons (Fsp3) is 0.350. The number of benzene rings is 1. The third-order valence-corrected chi connectivity index (χ3v) is 6.94. The van der Waals surface area contributed by atoms with Gasteiger partial charge in [0.05, 0.1) is 6.54 Å². The average Bonchev–Trinajstić information content (AvgIpc) is 3.47. The van der Waals surface area contributed by atoms with Crippen LogP contribution in [0.3, 0.4) is 0 Å². The highest BCUT2D eigenvalue weighted by atomic mass is 32.2. The van der Waals surface area contributed by atoms with E-state index < -0.39 is 10.0 Å². The molecule has 0 amide bonds. The second-order valence-corrected chi connectivity index (χ2v) is 9.38. The van der Waals surface area contributed by atoms with Crippen LogP contribution in [0.5, 0.6) is 0 Å². The summed E-state index contributed by atoms with van der Waals surface area (Å²) in [6, 6.07) is 6.90. The minimum Gasteiger partial charge on any atom is -0.325 e. The van der Waals surface area contributed by atoms with Crippen LogP contribution in [0.25, 0.3) is 0 Å². The zero-order valence-electron chi connectivity index (χ0n) is 16.3. The summed E-state index contributed by atoms with van der Waals surface area (Å²) in [5.41, 5.74) is 6.60. The van der Waals surface area contributed by atoms with Gasteiger partial charge < -0.3 is 10.3 Å². The summed E-state index contributed by atoms with van der Waals surface area (Å²) in [6.45, 7) is -0.0540. The minimum absolute atomic E-state index is 0.0540. The zero-order chi connectivity index (χ0) is 20.7. The van der Waals surface area contributed by atoms with Gasteiger partial charge in [-0.15, -0.1) is 10.2 Å². The predicted molar refractivity (Wildman–Crippen MR) is 111 cm³/mol. The maximum Gasteiger partial charge on any atom is 0.276 e. The number of fused-ring (bicyclic) bond motifs is 2. The van der Waals surface area contributed by atoms with E-state index in [1.807, 2.05) is 0 Å². The Kier molecular flexibility index (Phi) is 4.67. The normalized spacial score (nSPS) is 15.2. The smallest absolute Gasteiger partial charge is 0.276 e. The van der Waals surface area contributed by atoms with E-state index in [1.54, 1.807) is 12.1 Å². The highest BCUT2D eigenvalue weighted by molar-refractivity contribution is 7.89. The first-order chi connectivity index (χ1) is 14.5. The van der Waals surface area contributed by atoms with E-state index in [0.29, 0.717) is 11.6 Å². The molecule has 2 aromatic heterocycles. The van der Waals surface area contributed by atoms with Gasteiger partial charge in [0.25, 0.3) is 15.2 Å². The summed E-state index contributed by atoms with van der Waals surface area (Å²) in [5, 5.41) is 10.9. The Balaban J connectivity index is 1.37. The molecule has 0 saturated heterocycles. The number of nitrogens with zero attached hydrogens (tertiary/aromatic N) is 2. The number of anilines is 2. The number of hydrogen-bond donors (Lipinski definition) is 4. The Hall–Kier alpha value is -2.98. The van der Waals surface area contributed by atoms with Crippen molar-refractivity contribution in [2.45, 2.75) is 50.2 Å². The van der Waals surface area contributed by atoms with Gasteiger partial charge in [-0.05, 0) is 66.8 Å². The molecule has 4 N–H and O–H groups in total. The molecule has 156 valence electrons. The second kappa shape index (κ2) is 7.37. The Morgan fingerprint density at radius 1 is 0.967 bits per heavy atom. The topological polar surface area (TPSA) is 133 Å². The molecule has 2 heterocycles. The molecule has 2 aliphatic carbocycles. The van der Waals surface area contributed by atoms with E-state index in [2.05, 4.69) is 36.3 Å². The SMILES string of the molecule is O=c1cccc(CNS(=O)(=O)c2nnc(Nc3c4c(cc5c3CCC5)CCC4)[nH]2)[nH]1. The lowest BCUT2D eigenvalue weighted by atomic mass is 9.99. The quantitative estimate of drug-likeness (QED) is 0.474. The molecule has 30 heavy (non-hydrogen) atoms. The van der Waals surface area contributed by atoms with E-state index in [1.165, 1.54) is 28.3 Å².